The van der Waals surface area contributed by atoms with Gasteiger partial charge in [0.05, 0.1) is 47.8 Å². The third-order valence-corrected chi connectivity index (χ3v) is 14.0. The van der Waals surface area contributed by atoms with E-state index in [0.717, 1.165) is 68.0 Å². The molecule has 3 saturated heterocycles. The Bertz CT molecular complexity index is 2630. The molecule has 5 amide bonds. The van der Waals surface area contributed by atoms with Crippen LogP contribution in [0.15, 0.2) is 66.9 Å². The number of amides is 5. The number of methoxy groups -OCH3 is 1. The van der Waals surface area contributed by atoms with E-state index in [4.69, 9.17) is 16.3 Å². The number of benzene rings is 3. The number of imide groups is 2. The highest BCUT2D eigenvalue weighted by Gasteiger charge is 2.44. The first-order valence-corrected chi connectivity index (χ1v) is 23.8. The molecule has 0 spiro atoms. The predicted octanol–water partition coefficient (Wildman–Crippen LogP) is 4.42. The molecule has 1 unspecified atom stereocenters. The number of carbonyl (C=O) groups excluding carboxylic acids is 5. The third kappa shape index (κ3) is 10.0. The van der Waals surface area contributed by atoms with Crippen molar-refractivity contribution in [2.45, 2.75) is 44.6 Å². The molecule has 4 aliphatic heterocycles. The van der Waals surface area contributed by atoms with Crippen LogP contribution in [0.3, 0.4) is 0 Å². The van der Waals surface area contributed by atoms with Gasteiger partial charge in [-0.3, -0.25) is 43.4 Å². The van der Waals surface area contributed by atoms with Gasteiger partial charge in [-0.2, -0.15) is 4.98 Å². The van der Waals surface area contributed by atoms with Crippen molar-refractivity contribution in [1.82, 2.24) is 30.0 Å². The lowest BCUT2D eigenvalue weighted by atomic mass is 9.95. The molecule has 1 atom stereocenters. The van der Waals surface area contributed by atoms with Crippen LogP contribution in [-0.4, -0.2) is 135 Å². The number of carbonyl (C=O) groups is 5. The lowest BCUT2D eigenvalue weighted by Gasteiger charge is -2.39. The van der Waals surface area contributed by atoms with E-state index in [1.165, 1.54) is 17.5 Å². The molecular formula is C45H51ClN10O8S. The van der Waals surface area contributed by atoms with E-state index in [1.54, 1.807) is 49.6 Å². The number of hydrogen-bond donors (Lipinski definition) is 3. The number of aromatic nitrogens is 2. The summed E-state index contributed by atoms with van der Waals surface area (Å²) in [5, 5.41) is 8.83. The van der Waals surface area contributed by atoms with Gasteiger partial charge in [-0.15, -0.1) is 0 Å². The first-order valence-electron chi connectivity index (χ1n) is 21.5. The Labute approximate surface area is 382 Å². The third-order valence-electron chi connectivity index (χ3n) is 12.5. The van der Waals surface area contributed by atoms with Crippen molar-refractivity contribution < 1.29 is 37.1 Å². The van der Waals surface area contributed by atoms with Crippen molar-refractivity contribution in [3.05, 3.63) is 88.6 Å². The van der Waals surface area contributed by atoms with Gasteiger partial charge in [-0.05, 0) is 73.6 Å². The van der Waals surface area contributed by atoms with Gasteiger partial charge in [0, 0.05) is 77.5 Å². The van der Waals surface area contributed by atoms with Gasteiger partial charge in [-0.25, -0.2) is 13.4 Å². The predicted molar refractivity (Wildman–Crippen MR) is 246 cm³/mol. The maximum atomic E-state index is 13.3. The zero-order valence-corrected chi connectivity index (χ0v) is 38.0. The Kier molecular flexibility index (Phi) is 13.3. The van der Waals surface area contributed by atoms with Crippen LogP contribution in [0.1, 0.15) is 58.4 Å². The Hall–Kier alpha value is -6.31. The molecule has 8 rings (SSSR count). The first kappa shape index (κ1) is 45.3. The summed E-state index contributed by atoms with van der Waals surface area (Å²) in [6.45, 7) is 5.84. The van der Waals surface area contributed by atoms with Crippen molar-refractivity contribution in [3.63, 3.8) is 0 Å². The summed E-state index contributed by atoms with van der Waals surface area (Å²) in [4.78, 5) is 80.2. The van der Waals surface area contributed by atoms with E-state index in [-0.39, 0.29) is 47.3 Å². The van der Waals surface area contributed by atoms with Gasteiger partial charge in [-0.1, -0.05) is 29.8 Å². The second kappa shape index (κ2) is 19.0. The number of piperidine rings is 2. The number of nitrogens with one attached hydrogen (secondary N) is 3. The smallest absolute Gasteiger partial charge is 0.262 e. The Morgan fingerprint density at radius 2 is 1.65 bits per heavy atom. The molecule has 3 fully saturated rings. The van der Waals surface area contributed by atoms with E-state index >= 15 is 0 Å². The summed E-state index contributed by atoms with van der Waals surface area (Å²) >= 11 is 6.47. The topological polar surface area (TPSA) is 207 Å². The number of hydrogen-bond acceptors (Lipinski definition) is 14. The minimum Gasteiger partial charge on any atom is -0.494 e. The lowest BCUT2D eigenvalue weighted by Crippen LogP contribution is -2.54. The molecule has 5 heterocycles. The molecule has 3 aromatic carbocycles. The summed E-state index contributed by atoms with van der Waals surface area (Å²) < 4.78 is 31.5. The maximum absolute atomic E-state index is 13.3. The first-order chi connectivity index (χ1) is 31.2. The van der Waals surface area contributed by atoms with Gasteiger partial charge < -0.3 is 25.2 Å². The van der Waals surface area contributed by atoms with Crippen molar-refractivity contribution in [3.8, 4) is 5.75 Å². The number of para-hydroxylation sites is 2. The number of likely N-dealkylation sites (tertiary alicyclic amines) is 1. The summed E-state index contributed by atoms with van der Waals surface area (Å²) in [5.41, 5.74) is 3.82. The second-order valence-electron chi connectivity index (χ2n) is 16.7. The second-order valence-corrected chi connectivity index (χ2v) is 19.1. The summed E-state index contributed by atoms with van der Waals surface area (Å²) in [6.07, 6.45) is 5.29. The van der Waals surface area contributed by atoms with Gasteiger partial charge in [0.15, 0.2) is 5.82 Å². The zero-order chi connectivity index (χ0) is 46.0. The van der Waals surface area contributed by atoms with Crippen LogP contribution in [0.4, 0.5) is 34.5 Å². The van der Waals surface area contributed by atoms with Crippen LogP contribution in [0.25, 0.3) is 0 Å². The molecule has 0 radical (unpaired) electrons. The molecule has 4 aromatic rings. The van der Waals surface area contributed by atoms with Crippen LogP contribution in [0, 0.1) is 5.92 Å². The normalized spacial score (nSPS) is 18.4. The van der Waals surface area contributed by atoms with E-state index in [2.05, 4.69) is 35.7 Å². The van der Waals surface area contributed by atoms with Gasteiger partial charge in [0.25, 0.3) is 11.8 Å². The van der Waals surface area contributed by atoms with Crippen LogP contribution < -0.4 is 29.9 Å². The van der Waals surface area contributed by atoms with Crippen molar-refractivity contribution >= 4 is 85.7 Å². The average molecular weight is 927 g/mol. The van der Waals surface area contributed by atoms with Gasteiger partial charge in [0.2, 0.25) is 33.7 Å². The number of anilines is 6. The quantitative estimate of drug-likeness (QED) is 0.150. The fourth-order valence-electron chi connectivity index (χ4n) is 8.78. The zero-order valence-electron chi connectivity index (χ0n) is 36.4. The fourth-order valence-corrected chi connectivity index (χ4v) is 9.43. The molecule has 18 nitrogen and oxygen atoms in total. The van der Waals surface area contributed by atoms with E-state index in [1.807, 2.05) is 23.1 Å². The maximum Gasteiger partial charge on any atom is 0.262 e. The van der Waals surface area contributed by atoms with Crippen LogP contribution in [0.5, 0.6) is 5.75 Å². The highest BCUT2D eigenvalue weighted by atomic mass is 35.5. The molecule has 0 saturated carbocycles. The van der Waals surface area contributed by atoms with Gasteiger partial charge >= 0.3 is 0 Å². The Morgan fingerprint density at radius 1 is 0.908 bits per heavy atom. The molecule has 3 N–H and O–H groups in total. The van der Waals surface area contributed by atoms with E-state index < -0.39 is 39.7 Å². The standard InChI is InChI=1S/C45H51ClN10O8S/c1-52(65(3,62)63)36-7-5-4-6-34(36)48-41-33(46)26-47-45(51-41)49-35-12-10-30(25-38(35)64-2)54-22-20-53(21-23-54)27-29-16-18-55(19-17-29)40(58)15-9-28-8-11-31-32(24-28)44(61)56(43(31)60)37-13-14-39(57)50-42(37)59/h4-8,10-12,24-26,29,37H,9,13-23,27H2,1-3H3,(H,50,57,59)(H2,47,48,49,51). The fraction of sp³-hybridized carbons (Fsp3) is 0.400. The monoisotopic (exact) mass is 926 g/mol. The number of ether oxygens (including phenoxy) is 1. The summed E-state index contributed by atoms with van der Waals surface area (Å²) in [5.74, 6) is -0.473. The number of rotatable bonds is 14. The summed E-state index contributed by atoms with van der Waals surface area (Å²) in [7, 11) is -0.435. The molecular weight excluding hydrogens is 876 g/mol. The molecule has 4 aliphatic rings. The molecule has 342 valence electrons. The number of sulfonamides is 1. The molecule has 0 bridgehead atoms. The van der Waals surface area contributed by atoms with Crippen LogP contribution >= 0.6 is 11.6 Å². The summed E-state index contributed by atoms with van der Waals surface area (Å²) in [6, 6.07) is 16.8. The SMILES string of the molecule is COc1cc(N2CCN(CC3CCN(C(=O)CCc4ccc5c(c4)C(=O)N(C4CCC(=O)NC4=O)C5=O)CC3)CC2)ccc1Nc1ncc(Cl)c(Nc2ccccc2N(C)S(C)(=O)=O)n1. The lowest BCUT2D eigenvalue weighted by molar-refractivity contribution is -0.136. The Balaban J connectivity index is 0.789. The van der Waals surface area contributed by atoms with E-state index in [0.29, 0.717) is 54.1 Å². The number of nitrogens with zero attached hydrogens (tertiary/aromatic N) is 7. The van der Waals surface area contributed by atoms with Crippen molar-refractivity contribution in [1.29, 1.82) is 0 Å². The minimum absolute atomic E-state index is 0.0567. The van der Waals surface area contributed by atoms with E-state index in [9.17, 15) is 32.4 Å². The highest BCUT2D eigenvalue weighted by Crippen LogP contribution is 2.35. The minimum atomic E-state index is -3.52. The molecule has 0 aliphatic carbocycles. The molecule has 20 heteroatoms. The largest absolute Gasteiger partial charge is 0.494 e. The average Bonchev–Trinajstić information content (AvgIpc) is 3.54. The van der Waals surface area contributed by atoms with Crippen molar-refractivity contribution in [2.24, 2.45) is 5.92 Å². The van der Waals surface area contributed by atoms with Crippen LogP contribution in [-0.2, 0) is 30.8 Å². The number of fused-ring (bicyclic) bond motifs is 1. The van der Waals surface area contributed by atoms with Crippen molar-refractivity contribution in [2.75, 3.05) is 86.1 Å². The molecule has 65 heavy (non-hydrogen) atoms. The van der Waals surface area contributed by atoms with Crippen LogP contribution in [0.2, 0.25) is 5.02 Å². The number of halogens is 1. The number of aryl methyl sites for hydroxylation is 1. The molecule has 1 aromatic heterocycles. The Morgan fingerprint density at radius 3 is 2.37 bits per heavy atom. The van der Waals surface area contributed by atoms with Gasteiger partial charge in [0.1, 0.15) is 16.8 Å². The highest BCUT2D eigenvalue weighted by molar-refractivity contribution is 7.92. The number of piperazine rings is 1.